The number of hydrogen-bond acceptors (Lipinski definition) is 4. The first-order chi connectivity index (χ1) is 18.0. The number of hydrogen-bond donors (Lipinski definition) is 1. The number of allylic oxidation sites excluding steroid dienone is 1. The Hall–Kier alpha value is -4.15. The summed E-state index contributed by atoms with van der Waals surface area (Å²) in [5.41, 5.74) is 4.63. The van der Waals surface area contributed by atoms with Crippen LogP contribution in [0.3, 0.4) is 0 Å². The van der Waals surface area contributed by atoms with Crippen LogP contribution < -0.4 is 10.2 Å². The summed E-state index contributed by atoms with van der Waals surface area (Å²) >= 11 is 0. The molecule has 1 fully saturated rings. The van der Waals surface area contributed by atoms with Crippen molar-refractivity contribution in [3.8, 4) is 0 Å². The van der Waals surface area contributed by atoms with Crippen molar-refractivity contribution >= 4 is 22.8 Å². The Bertz CT molecular complexity index is 1330. The van der Waals surface area contributed by atoms with Crippen molar-refractivity contribution in [3.63, 3.8) is 0 Å². The second kappa shape index (κ2) is 10.9. The van der Waals surface area contributed by atoms with E-state index in [0.717, 1.165) is 28.2 Å². The van der Waals surface area contributed by atoms with Gasteiger partial charge in [0.05, 0.1) is 6.04 Å². The van der Waals surface area contributed by atoms with Crippen LogP contribution in [-0.4, -0.2) is 17.6 Å². The van der Waals surface area contributed by atoms with Crippen LogP contribution in [0.4, 0.5) is 17.1 Å². The van der Waals surface area contributed by atoms with Crippen LogP contribution in [0, 0.1) is 0 Å². The van der Waals surface area contributed by atoms with E-state index in [9.17, 15) is 4.79 Å². The highest BCUT2D eigenvalue weighted by atomic mass is 16.5. The van der Waals surface area contributed by atoms with Crippen LogP contribution >= 0.6 is 0 Å². The molecular formula is C33H32N2O2. The van der Waals surface area contributed by atoms with Gasteiger partial charge in [0.25, 0.3) is 0 Å². The van der Waals surface area contributed by atoms with E-state index in [0.29, 0.717) is 6.42 Å². The Morgan fingerprint density at radius 3 is 2.03 bits per heavy atom. The molecule has 1 heterocycles. The predicted octanol–water partition coefficient (Wildman–Crippen LogP) is 7.48. The molecule has 0 radical (unpaired) electrons. The van der Waals surface area contributed by atoms with Gasteiger partial charge in [0.15, 0.2) is 5.78 Å². The summed E-state index contributed by atoms with van der Waals surface area (Å²) in [5.74, 6) is 0.0632. The predicted molar refractivity (Wildman–Crippen MR) is 151 cm³/mol. The van der Waals surface area contributed by atoms with E-state index in [1.54, 1.807) is 6.08 Å². The minimum absolute atomic E-state index is 0.0632. The molecule has 4 nitrogen and oxygen atoms in total. The average Bonchev–Trinajstić information content (AvgIpc) is 3.20. The normalized spacial score (nSPS) is 18.7. The van der Waals surface area contributed by atoms with Crippen molar-refractivity contribution in [1.82, 2.24) is 0 Å². The van der Waals surface area contributed by atoms with Gasteiger partial charge in [-0.2, -0.15) is 0 Å². The number of nitrogens with zero attached hydrogens (tertiary/aromatic N) is 1. The van der Waals surface area contributed by atoms with E-state index in [4.69, 9.17) is 4.74 Å². The molecule has 37 heavy (non-hydrogen) atoms. The molecule has 0 spiro atoms. The molecular weight excluding hydrogens is 456 g/mol. The van der Waals surface area contributed by atoms with E-state index in [1.165, 1.54) is 0 Å². The van der Waals surface area contributed by atoms with Crippen molar-refractivity contribution < 1.29 is 9.53 Å². The molecule has 1 N–H and O–H groups in total. The van der Waals surface area contributed by atoms with Gasteiger partial charge in [0.2, 0.25) is 0 Å². The number of anilines is 3. The first-order valence-electron chi connectivity index (χ1n) is 12.7. The molecule has 4 aromatic carbocycles. The topological polar surface area (TPSA) is 41.6 Å². The molecule has 0 aromatic heterocycles. The molecule has 1 aliphatic heterocycles. The highest BCUT2D eigenvalue weighted by molar-refractivity contribution is 5.91. The zero-order chi connectivity index (χ0) is 25.7. The second-order valence-electron chi connectivity index (χ2n) is 9.78. The standard InChI is InChI=1S/C33H32N2O2/c1-33(2)35(29-16-10-5-11-17-29)31(32(37-33)26-12-6-3-7-13-26)23-22-30(36)24-25-18-20-28(21-19-25)34-27-14-8-4-9-15-27/h3-23,31-32,34H,24H2,1-2H3/b23-22+/t31-,32?/m1/s1. The molecule has 1 aliphatic rings. The van der Waals surface area contributed by atoms with Gasteiger partial charge in [-0.05, 0) is 67.4 Å². The van der Waals surface area contributed by atoms with Crippen LogP contribution in [0.1, 0.15) is 31.1 Å². The molecule has 0 bridgehead atoms. The van der Waals surface area contributed by atoms with Crippen LogP contribution in [-0.2, 0) is 16.0 Å². The smallest absolute Gasteiger partial charge is 0.159 e. The SMILES string of the molecule is CC1(C)OC(c2ccccc2)[C@@H](/C=C/C(=O)Cc2ccc(Nc3ccccc3)cc2)N1c1ccccc1. The minimum atomic E-state index is -0.540. The van der Waals surface area contributed by atoms with Crippen molar-refractivity contribution in [2.45, 2.75) is 38.1 Å². The summed E-state index contributed by atoms with van der Waals surface area (Å²) in [5, 5.41) is 3.38. The molecule has 4 heteroatoms. The molecule has 1 saturated heterocycles. The first kappa shape index (κ1) is 24.5. The summed E-state index contributed by atoms with van der Waals surface area (Å²) < 4.78 is 6.58. The third-order valence-electron chi connectivity index (χ3n) is 6.64. The van der Waals surface area contributed by atoms with E-state index in [2.05, 4.69) is 48.3 Å². The average molecular weight is 489 g/mol. The number of carbonyl (C=O) groups excluding carboxylic acids is 1. The van der Waals surface area contributed by atoms with E-state index < -0.39 is 5.72 Å². The lowest BCUT2D eigenvalue weighted by molar-refractivity contribution is -0.114. The second-order valence-corrected chi connectivity index (χ2v) is 9.78. The Morgan fingerprint density at radius 1 is 0.811 bits per heavy atom. The molecule has 0 aliphatic carbocycles. The largest absolute Gasteiger partial charge is 0.356 e. The number of benzene rings is 4. The zero-order valence-electron chi connectivity index (χ0n) is 21.2. The van der Waals surface area contributed by atoms with Gasteiger partial charge in [-0.15, -0.1) is 0 Å². The number of rotatable bonds is 8. The van der Waals surface area contributed by atoms with Gasteiger partial charge in [-0.1, -0.05) is 84.9 Å². The third-order valence-corrected chi connectivity index (χ3v) is 6.64. The van der Waals surface area contributed by atoms with Gasteiger partial charge in [0.1, 0.15) is 11.8 Å². The Balaban J connectivity index is 1.33. The molecule has 2 atom stereocenters. The zero-order valence-corrected chi connectivity index (χ0v) is 21.2. The Kier molecular flexibility index (Phi) is 7.20. The van der Waals surface area contributed by atoms with Gasteiger partial charge < -0.3 is 15.0 Å². The van der Waals surface area contributed by atoms with Crippen LogP contribution in [0.25, 0.3) is 0 Å². The minimum Gasteiger partial charge on any atom is -0.356 e. The molecule has 5 rings (SSSR count). The summed E-state index contributed by atoms with van der Waals surface area (Å²) in [6.45, 7) is 4.16. The third kappa shape index (κ3) is 5.82. The van der Waals surface area contributed by atoms with Gasteiger partial charge >= 0.3 is 0 Å². The van der Waals surface area contributed by atoms with Gasteiger partial charge in [-0.25, -0.2) is 0 Å². The maximum atomic E-state index is 13.0. The fourth-order valence-electron chi connectivity index (χ4n) is 4.96. The maximum absolute atomic E-state index is 13.0. The summed E-state index contributed by atoms with van der Waals surface area (Å²) in [6.07, 6.45) is 3.88. The Labute approximate surface area is 219 Å². The molecule has 4 aromatic rings. The lowest BCUT2D eigenvalue weighted by Crippen LogP contribution is -2.43. The molecule has 0 amide bonds. The quantitative estimate of drug-likeness (QED) is 0.261. The van der Waals surface area contributed by atoms with Crippen molar-refractivity contribution in [2.75, 3.05) is 10.2 Å². The Morgan fingerprint density at radius 2 is 1.38 bits per heavy atom. The number of carbonyl (C=O) groups is 1. The van der Waals surface area contributed by atoms with Crippen LogP contribution in [0.5, 0.6) is 0 Å². The number of ketones is 1. The highest BCUT2D eigenvalue weighted by Gasteiger charge is 2.46. The number of para-hydroxylation sites is 2. The summed E-state index contributed by atoms with van der Waals surface area (Å²) in [7, 11) is 0. The lowest BCUT2D eigenvalue weighted by Gasteiger charge is -2.34. The van der Waals surface area contributed by atoms with Crippen molar-refractivity contribution in [1.29, 1.82) is 0 Å². The first-order valence-corrected chi connectivity index (χ1v) is 12.7. The summed E-state index contributed by atoms with van der Waals surface area (Å²) in [4.78, 5) is 15.3. The molecule has 1 unspecified atom stereocenters. The molecule has 0 saturated carbocycles. The van der Waals surface area contributed by atoms with Crippen molar-refractivity contribution in [3.05, 3.63) is 139 Å². The molecule has 186 valence electrons. The van der Waals surface area contributed by atoms with Crippen LogP contribution in [0.15, 0.2) is 127 Å². The van der Waals surface area contributed by atoms with Gasteiger partial charge in [-0.3, -0.25) is 4.79 Å². The number of nitrogens with one attached hydrogen (secondary N) is 1. The lowest BCUT2D eigenvalue weighted by atomic mass is 9.99. The summed E-state index contributed by atoms with van der Waals surface area (Å²) in [6, 6.07) is 38.4. The van der Waals surface area contributed by atoms with E-state index in [-0.39, 0.29) is 17.9 Å². The maximum Gasteiger partial charge on any atom is 0.159 e. The number of ether oxygens (including phenoxy) is 1. The van der Waals surface area contributed by atoms with Gasteiger partial charge in [0, 0.05) is 23.5 Å². The fraction of sp³-hybridized carbons (Fsp3) is 0.182. The monoisotopic (exact) mass is 488 g/mol. The van der Waals surface area contributed by atoms with Crippen LogP contribution in [0.2, 0.25) is 0 Å². The highest BCUT2D eigenvalue weighted by Crippen LogP contribution is 2.44. The van der Waals surface area contributed by atoms with E-state index >= 15 is 0 Å². The van der Waals surface area contributed by atoms with E-state index in [1.807, 2.05) is 97.1 Å². The van der Waals surface area contributed by atoms with Crippen molar-refractivity contribution in [2.24, 2.45) is 0 Å². The fourth-order valence-corrected chi connectivity index (χ4v) is 4.96.